The van der Waals surface area contributed by atoms with Crippen molar-refractivity contribution in [2.45, 2.75) is 32.2 Å². The molecule has 0 fully saturated rings. The summed E-state index contributed by atoms with van der Waals surface area (Å²) < 4.78 is 6.52. The van der Waals surface area contributed by atoms with E-state index in [1.807, 2.05) is 0 Å². The molecule has 2 nitrogen and oxygen atoms in total. The van der Waals surface area contributed by atoms with Gasteiger partial charge in [0.05, 0.1) is 0 Å². The molecule has 0 amide bonds. The molecule has 0 aromatic heterocycles. The summed E-state index contributed by atoms with van der Waals surface area (Å²) in [6.45, 7) is 3.03. The zero-order chi connectivity index (χ0) is 15.7. The molecule has 2 aromatic rings. The van der Waals surface area contributed by atoms with Crippen LogP contribution in [0.5, 0.6) is 0 Å². The van der Waals surface area contributed by atoms with Gasteiger partial charge in [0.1, 0.15) is 0 Å². The van der Waals surface area contributed by atoms with Crippen molar-refractivity contribution in [1.82, 2.24) is 0 Å². The van der Waals surface area contributed by atoms with Gasteiger partial charge in [-0.3, -0.25) is 0 Å². The Bertz CT molecular complexity index is 488. The normalized spacial score (nSPS) is 11.5. The summed E-state index contributed by atoms with van der Waals surface area (Å²) in [5.41, 5.74) is 0. The summed E-state index contributed by atoms with van der Waals surface area (Å²) in [6.07, 6.45) is 3.02. The minimum Gasteiger partial charge on any atom is -0.408 e. The third-order valence-corrected chi connectivity index (χ3v) is 8.30. The number of hydrogen-bond acceptors (Lipinski definition) is 2. The van der Waals surface area contributed by atoms with Crippen LogP contribution < -0.4 is 10.4 Å². The van der Waals surface area contributed by atoms with Gasteiger partial charge in [0, 0.05) is 13.2 Å². The summed E-state index contributed by atoms with van der Waals surface area (Å²) in [5.74, 6) is 0. The van der Waals surface area contributed by atoms with Gasteiger partial charge in [-0.05, 0) is 22.8 Å². The van der Waals surface area contributed by atoms with E-state index < -0.39 is 8.32 Å². The highest BCUT2D eigenvalue weighted by Crippen LogP contribution is 2.17. The van der Waals surface area contributed by atoms with Crippen LogP contribution in [0.4, 0.5) is 0 Å². The van der Waals surface area contributed by atoms with E-state index in [1.165, 1.54) is 10.4 Å². The topological polar surface area (TPSA) is 29.5 Å². The van der Waals surface area contributed by atoms with Crippen LogP contribution in [0.1, 0.15) is 26.2 Å². The van der Waals surface area contributed by atoms with Crippen LogP contribution in [0.25, 0.3) is 0 Å². The number of aliphatic hydroxyl groups excluding tert-OH is 1. The quantitative estimate of drug-likeness (QED) is 0.569. The van der Waals surface area contributed by atoms with Gasteiger partial charge >= 0.3 is 0 Å². The molecule has 3 heteroatoms. The van der Waals surface area contributed by atoms with Crippen LogP contribution in [0.2, 0.25) is 6.04 Å². The molecule has 22 heavy (non-hydrogen) atoms. The van der Waals surface area contributed by atoms with E-state index in [1.54, 1.807) is 0 Å². The van der Waals surface area contributed by atoms with Gasteiger partial charge in [-0.1, -0.05) is 80.4 Å². The average Bonchev–Trinajstić information content (AvgIpc) is 2.60. The SMILES string of the molecule is CCCC[Si](OCCCO)(c1ccccc1)c1ccccc1. The molecule has 118 valence electrons. The van der Waals surface area contributed by atoms with Gasteiger partial charge in [0.25, 0.3) is 8.32 Å². The van der Waals surface area contributed by atoms with E-state index in [0.717, 1.165) is 18.9 Å². The van der Waals surface area contributed by atoms with Crippen LogP contribution in [-0.2, 0) is 4.43 Å². The van der Waals surface area contributed by atoms with Crippen LogP contribution >= 0.6 is 0 Å². The van der Waals surface area contributed by atoms with Gasteiger partial charge in [-0.25, -0.2) is 0 Å². The van der Waals surface area contributed by atoms with Gasteiger partial charge < -0.3 is 9.53 Å². The second-order valence-corrected chi connectivity index (χ2v) is 9.19. The van der Waals surface area contributed by atoms with Crippen molar-refractivity contribution in [2.24, 2.45) is 0 Å². The van der Waals surface area contributed by atoms with Crippen molar-refractivity contribution in [3.63, 3.8) is 0 Å². The first kappa shape index (κ1) is 16.9. The predicted octanol–water partition coefficient (Wildman–Crippen LogP) is 2.95. The lowest BCUT2D eigenvalue weighted by molar-refractivity contribution is 0.231. The van der Waals surface area contributed by atoms with Crippen molar-refractivity contribution in [3.8, 4) is 0 Å². The lowest BCUT2D eigenvalue weighted by atomic mass is 10.4. The monoisotopic (exact) mass is 314 g/mol. The molecular weight excluding hydrogens is 288 g/mol. The van der Waals surface area contributed by atoms with Crippen LogP contribution in [0.15, 0.2) is 60.7 Å². The van der Waals surface area contributed by atoms with E-state index in [4.69, 9.17) is 9.53 Å². The fraction of sp³-hybridized carbons (Fsp3) is 0.368. The zero-order valence-corrected chi connectivity index (χ0v) is 14.4. The van der Waals surface area contributed by atoms with Crippen LogP contribution in [-0.4, -0.2) is 26.6 Å². The van der Waals surface area contributed by atoms with Crippen molar-refractivity contribution < 1.29 is 9.53 Å². The minimum atomic E-state index is -2.22. The van der Waals surface area contributed by atoms with Gasteiger partial charge in [0.15, 0.2) is 0 Å². The largest absolute Gasteiger partial charge is 0.408 e. The molecule has 0 bridgehead atoms. The first-order valence-electron chi connectivity index (χ1n) is 8.19. The highest BCUT2D eigenvalue weighted by molar-refractivity contribution is 6.97. The number of unbranched alkanes of at least 4 members (excludes halogenated alkanes) is 1. The fourth-order valence-corrected chi connectivity index (χ4v) is 7.04. The Morgan fingerprint density at radius 1 is 0.864 bits per heavy atom. The van der Waals surface area contributed by atoms with Crippen LogP contribution in [0, 0.1) is 0 Å². The van der Waals surface area contributed by atoms with Gasteiger partial charge in [-0.2, -0.15) is 0 Å². The third-order valence-electron chi connectivity index (χ3n) is 4.01. The Morgan fingerprint density at radius 2 is 1.41 bits per heavy atom. The lowest BCUT2D eigenvalue weighted by Gasteiger charge is -2.32. The number of aliphatic hydroxyl groups is 1. The highest BCUT2D eigenvalue weighted by Gasteiger charge is 2.38. The average molecular weight is 315 g/mol. The van der Waals surface area contributed by atoms with E-state index in [9.17, 15) is 0 Å². The first-order valence-corrected chi connectivity index (χ1v) is 10.3. The smallest absolute Gasteiger partial charge is 0.255 e. The highest BCUT2D eigenvalue weighted by atomic mass is 28.4. The van der Waals surface area contributed by atoms with Gasteiger partial charge in [0.2, 0.25) is 0 Å². The molecule has 2 aromatic carbocycles. The summed E-state index contributed by atoms with van der Waals surface area (Å²) in [6, 6.07) is 22.4. The second-order valence-electron chi connectivity index (χ2n) is 5.59. The summed E-state index contributed by atoms with van der Waals surface area (Å²) in [5, 5.41) is 11.8. The molecule has 0 radical (unpaired) electrons. The fourth-order valence-electron chi connectivity index (χ4n) is 2.85. The van der Waals surface area contributed by atoms with Crippen molar-refractivity contribution in [1.29, 1.82) is 0 Å². The Morgan fingerprint density at radius 3 is 1.86 bits per heavy atom. The minimum absolute atomic E-state index is 0.182. The number of rotatable bonds is 9. The Hall–Kier alpha value is -1.42. The van der Waals surface area contributed by atoms with Crippen LogP contribution in [0.3, 0.4) is 0 Å². The molecule has 0 unspecified atom stereocenters. The van der Waals surface area contributed by atoms with E-state index in [2.05, 4.69) is 67.6 Å². The maximum absolute atomic E-state index is 9.12. The maximum Gasteiger partial charge on any atom is 0.255 e. The summed E-state index contributed by atoms with van der Waals surface area (Å²) >= 11 is 0. The van der Waals surface area contributed by atoms with Crippen molar-refractivity contribution in [2.75, 3.05) is 13.2 Å². The molecule has 2 rings (SSSR count). The lowest BCUT2D eigenvalue weighted by Crippen LogP contribution is -2.60. The maximum atomic E-state index is 9.12. The third kappa shape index (κ3) is 4.06. The molecule has 0 heterocycles. The molecule has 0 aliphatic heterocycles. The molecule has 0 aliphatic carbocycles. The molecule has 0 saturated heterocycles. The molecular formula is C19H26O2Si. The Balaban J connectivity index is 2.43. The van der Waals surface area contributed by atoms with Crippen molar-refractivity contribution >= 4 is 18.7 Å². The number of hydrogen-bond donors (Lipinski definition) is 1. The molecule has 0 aliphatic rings. The Kier molecular flexibility index (Phi) is 6.84. The van der Waals surface area contributed by atoms with Gasteiger partial charge in [-0.15, -0.1) is 0 Å². The molecule has 0 atom stereocenters. The van der Waals surface area contributed by atoms with Crippen molar-refractivity contribution in [3.05, 3.63) is 60.7 Å². The van der Waals surface area contributed by atoms with E-state index in [0.29, 0.717) is 13.0 Å². The number of benzene rings is 2. The summed E-state index contributed by atoms with van der Waals surface area (Å²) in [4.78, 5) is 0. The van der Waals surface area contributed by atoms with E-state index >= 15 is 0 Å². The molecule has 1 N–H and O–H groups in total. The Labute approximate surface area is 134 Å². The second kappa shape index (κ2) is 8.88. The molecule has 0 saturated carbocycles. The summed E-state index contributed by atoms with van der Waals surface area (Å²) in [7, 11) is -2.22. The molecule has 0 spiro atoms. The zero-order valence-electron chi connectivity index (χ0n) is 13.4. The first-order chi connectivity index (χ1) is 10.8. The predicted molar refractivity (Wildman–Crippen MR) is 95.3 cm³/mol. The standard InChI is InChI=1S/C19H26O2Si/c1-2-3-17-22(21-16-10-15-20,18-11-6-4-7-12-18)19-13-8-5-9-14-19/h4-9,11-14,20H,2-3,10,15-17H2,1H3. The van der Waals surface area contributed by atoms with E-state index in [-0.39, 0.29) is 6.61 Å².